The molecule has 0 bridgehead atoms. The van der Waals surface area contributed by atoms with E-state index in [1.54, 1.807) is 79.1 Å². The topological polar surface area (TPSA) is 134 Å². The van der Waals surface area contributed by atoms with Gasteiger partial charge in [0.05, 0.1) is 27.7 Å². The van der Waals surface area contributed by atoms with Crippen LogP contribution in [0.15, 0.2) is 93.5 Å². The largest absolute Gasteiger partial charge is 0.459 e. The number of carbonyl (C=O) groups is 2. The number of aryl methyl sites for hydroxylation is 1. The van der Waals surface area contributed by atoms with E-state index in [9.17, 15) is 18.0 Å². The van der Waals surface area contributed by atoms with Crippen molar-refractivity contribution in [3.8, 4) is 0 Å². The number of amides is 2. The van der Waals surface area contributed by atoms with Crippen LogP contribution in [0.3, 0.4) is 0 Å². The van der Waals surface area contributed by atoms with Gasteiger partial charge in [0, 0.05) is 25.5 Å². The van der Waals surface area contributed by atoms with Crippen molar-refractivity contribution in [2.24, 2.45) is 5.10 Å². The summed E-state index contributed by atoms with van der Waals surface area (Å²) in [6.07, 6.45) is 4.36. The van der Waals surface area contributed by atoms with Crippen LogP contribution in [-0.4, -0.2) is 35.7 Å². The number of sulfonamides is 1. The van der Waals surface area contributed by atoms with E-state index in [4.69, 9.17) is 27.6 Å². The molecule has 2 N–H and O–H groups in total. The molecule has 0 aliphatic rings. The Bertz CT molecular complexity index is 1660. The number of rotatable bonds is 10. The van der Waals surface area contributed by atoms with Crippen LogP contribution in [0.4, 0.5) is 0 Å². The monoisotopic (exact) mass is 613 g/mol. The number of nitrogens with one attached hydrogen (secondary N) is 2. The Kier molecular flexibility index (Phi) is 9.90. The summed E-state index contributed by atoms with van der Waals surface area (Å²) in [5.74, 6) is -1.26. The first-order valence-corrected chi connectivity index (χ1v) is 14.4. The number of furan rings is 1. The Morgan fingerprint density at radius 1 is 0.927 bits per heavy atom. The predicted molar refractivity (Wildman–Crippen MR) is 155 cm³/mol. The van der Waals surface area contributed by atoms with E-state index >= 15 is 0 Å². The highest BCUT2D eigenvalue weighted by molar-refractivity contribution is 7.89. The average Bonchev–Trinajstić information content (AvgIpc) is 3.41. The molecule has 0 atom stereocenters. The third-order valence-corrected chi connectivity index (χ3v) is 8.33. The van der Waals surface area contributed by atoms with Crippen LogP contribution in [0.25, 0.3) is 0 Å². The van der Waals surface area contributed by atoms with Gasteiger partial charge in [-0.2, -0.15) is 9.41 Å². The van der Waals surface area contributed by atoms with Crippen molar-refractivity contribution < 1.29 is 22.4 Å². The number of carbonyl (C=O) groups excluding carboxylic acids is 2. The highest BCUT2D eigenvalue weighted by Crippen LogP contribution is 2.26. The molecule has 41 heavy (non-hydrogen) atoms. The van der Waals surface area contributed by atoms with E-state index in [2.05, 4.69) is 20.8 Å². The third kappa shape index (κ3) is 8.24. The van der Waals surface area contributed by atoms with Gasteiger partial charge in [-0.1, -0.05) is 47.0 Å². The van der Waals surface area contributed by atoms with Crippen molar-refractivity contribution in [2.45, 2.75) is 31.5 Å². The van der Waals surface area contributed by atoms with E-state index in [0.717, 1.165) is 11.1 Å². The molecule has 212 valence electrons. The first-order chi connectivity index (χ1) is 19.6. The summed E-state index contributed by atoms with van der Waals surface area (Å²) >= 11 is 12.2. The molecule has 0 unspecified atom stereocenters. The number of nitrogens with zero attached hydrogens (tertiary/aromatic N) is 3. The van der Waals surface area contributed by atoms with Crippen molar-refractivity contribution in [3.63, 3.8) is 0 Å². The maximum Gasteiger partial charge on any atom is 0.329 e. The molecule has 4 aromatic rings. The van der Waals surface area contributed by atoms with Gasteiger partial charge in [-0.3, -0.25) is 14.6 Å². The molecule has 0 radical (unpaired) electrons. The van der Waals surface area contributed by atoms with Crippen LogP contribution in [0.1, 0.15) is 28.2 Å². The lowest BCUT2D eigenvalue weighted by Gasteiger charge is -2.22. The minimum atomic E-state index is -3.93. The normalized spacial score (nSPS) is 11.6. The highest BCUT2D eigenvalue weighted by atomic mass is 35.5. The molecule has 0 saturated heterocycles. The van der Waals surface area contributed by atoms with Crippen LogP contribution < -0.4 is 10.7 Å². The van der Waals surface area contributed by atoms with Crippen molar-refractivity contribution >= 4 is 51.3 Å². The molecular formula is C28H25Cl2N5O5S. The van der Waals surface area contributed by atoms with Gasteiger partial charge in [0.25, 0.3) is 0 Å². The lowest BCUT2D eigenvalue weighted by atomic mass is 10.2. The summed E-state index contributed by atoms with van der Waals surface area (Å²) in [4.78, 5) is 28.0. The van der Waals surface area contributed by atoms with Crippen LogP contribution >= 0.6 is 23.2 Å². The van der Waals surface area contributed by atoms with Gasteiger partial charge in [0.15, 0.2) is 0 Å². The molecule has 2 amide bonds. The molecule has 0 aliphatic heterocycles. The van der Waals surface area contributed by atoms with Crippen molar-refractivity contribution in [3.05, 3.63) is 117 Å². The zero-order valence-corrected chi connectivity index (χ0v) is 24.1. The molecule has 0 aliphatic carbocycles. The van der Waals surface area contributed by atoms with Gasteiger partial charge in [0.1, 0.15) is 11.5 Å². The van der Waals surface area contributed by atoms with Crippen LogP contribution in [-0.2, 0) is 39.2 Å². The molecule has 0 spiro atoms. The van der Waals surface area contributed by atoms with Crippen molar-refractivity contribution in [1.82, 2.24) is 20.0 Å². The number of benzene rings is 2. The zero-order chi connectivity index (χ0) is 29.4. The fourth-order valence-corrected chi connectivity index (χ4v) is 5.33. The van der Waals surface area contributed by atoms with E-state index in [1.165, 1.54) is 10.5 Å². The van der Waals surface area contributed by atoms with Gasteiger partial charge in [-0.15, -0.1) is 0 Å². The Hall–Kier alpha value is -4.03. The fraction of sp³-hybridized carbons (Fsp3) is 0.143. The predicted octanol–water partition coefficient (Wildman–Crippen LogP) is 4.45. The Balaban J connectivity index is 1.43. The molecule has 0 fully saturated rings. The minimum absolute atomic E-state index is 0.00187. The molecule has 10 nitrogen and oxygen atoms in total. The van der Waals surface area contributed by atoms with Gasteiger partial charge in [-0.25, -0.2) is 13.8 Å². The van der Waals surface area contributed by atoms with Crippen molar-refractivity contribution in [1.29, 1.82) is 0 Å². The maximum absolute atomic E-state index is 13.6. The number of aromatic nitrogens is 1. The van der Waals surface area contributed by atoms with E-state index < -0.39 is 21.8 Å². The maximum atomic E-state index is 13.6. The summed E-state index contributed by atoms with van der Waals surface area (Å²) in [6.45, 7) is 1.92. The zero-order valence-electron chi connectivity index (χ0n) is 21.8. The number of pyridine rings is 1. The van der Waals surface area contributed by atoms with Gasteiger partial charge < -0.3 is 9.73 Å². The summed E-state index contributed by atoms with van der Waals surface area (Å²) in [6, 6.07) is 18.0. The summed E-state index contributed by atoms with van der Waals surface area (Å²) in [7, 11) is -3.93. The Labute approximate surface area is 247 Å². The quantitative estimate of drug-likeness (QED) is 0.154. The lowest BCUT2D eigenvalue weighted by molar-refractivity contribution is -0.139. The molecule has 2 aromatic carbocycles. The number of hydrazone groups is 1. The molecule has 2 aromatic heterocycles. The standard InChI is InChI=1S/C28H25Cl2N5O5S/c1-19-2-7-24(8-3-19)41(38,39)35(17-21-4-9-25(29)26(30)14-21)18-23-6-5-22(40-23)16-33-34-28(37)27(36)32-15-20-10-12-31-13-11-20/h2-14,16H,15,17-18H2,1H3,(H,32,36)(H,34,37)/b33-16+. The molecule has 4 rings (SSSR count). The van der Waals surface area contributed by atoms with Gasteiger partial charge in [0.2, 0.25) is 10.0 Å². The van der Waals surface area contributed by atoms with E-state index in [-0.39, 0.29) is 30.3 Å². The van der Waals surface area contributed by atoms with E-state index in [1.807, 2.05) is 6.92 Å². The SMILES string of the molecule is Cc1ccc(S(=O)(=O)N(Cc2ccc(Cl)c(Cl)c2)Cc2ccc(/C=N/NC(=O)C(=O)NCc3ccncc3)o2)cc1. The second kappa shape index (κ2) is 13.6. The minimum Gasteiger partial charge on any atom is -0.459 e. The number of hydrogen-bond acceptors (Lipinski definition) is 7. The average molecular weight is 615 g/mol. The van der Waals surface area contributed by atoms with Gasteiger partial charge in [-0.05, 0) is 66.6 Å². The fourth-order valence-electron chi connectivity index (χ4n) is 3.62. The second-order valence-electron chi connectivity index (χ2n) is 8.88. The van der Waals surface area contributed by atoms with Crippen molar-refractivity contribution in [2.75, 3.05) is 0 Å². The molecule has 13 heteroatoms. The van der Waals surface area contributed by atoms with Crippen LogP contribution in [0, 0.1) is 6.92 Å². The molecule has 0 saturated carbocycles. The summed E-state index contributed by atoms with van der Waals surface area (Å²) < 4.78 is 34.1. The number of hydrogen-bond donors (Lipinski definition) is 2. The Morgan fingerprint density at radius 2 is 1.66 bits per heavy atom. The summed E-state index contributed by atoms with van der Waals surface area (Å²) in [5.41, 5.74) is 4.47. The first-order valence-electron chi connectivity index (χ1n) is 12.2. The smallest absolute Gasteiger partial charge is 0.329 e. The lowest BCUT2D eigenvalue weighted by Crippen LogP contribution is -2.37. The molecule has 2 heterocycles. The second-order valence-corrected chi connectivity index (χ2v) is 11.6. The van der Waals surface area contributed by atoms with E-state index in [0.29, 0.717) is 21.4 Å². The first kappa shape index (κ1) is 29.9. The highest BCUT2D eigenvalue weighted by Gasteiger charge is 2.26. The third-order valence-electron chi connectivity index (χ3n) is 5.78. The molecular weight excluding hydrogens is 589 g/mol. The number of halogens is 2. The Morgan fingerprint density at radius 3 is 2.37 bits per heavy atom. The van der Waals surface area contributed by atoms with Crippen LogP contribution in [0.5, 0.6) is 0 Å². The van der Waals surface area contributed by atoms with Gasteiger partial charge >= 0.3 is 11.8 Å². The summed E-state index contributed by atoms with van der Waals surface area (Å²) in [5, 5.41) is 6.89. The van der Waals surface area contributed by atoms with Crippen LogP contribution in [0.2, 0.25) is 10.0 Å².